The fourth-order valence-corrected chi connectivity index (χ4v) is 2.61. The summed E-state index contributed by atoms with van der Waals surface area (Å²) in [5.74, 6) is -0.342. The number of ether oxygens (including phenoxy) is 2. The maximum Gasteiger partial charge on any atom is 0.310 e. The normalized spacial score (nSPS) is 16.6. The molecule has 1 aliphatic rings. The summed E-state index contributed by atoms with van der Waals surface area (Å²) in [6.07, 6.45) is 0.112. The maximum atomic E-state index is 11.7. The van der Waals surface area contributed by atoms with E-state index in [9.17, 15) is 13.2 Å². The first-order chi connectivity index (χ1) is 9.15. The van der Waals surface area contributed by atoms with Crippen LogP contribution in [0.1, 0.15) is 26.3 Å². The van der Waals surface area contributed by atoms with E-state index in [-0.39, 0.29) is 12.4 Å². The standard InChI is InChI=1S/C13H17NO5S/c1-13(2,3)19-12(15)7-9-4-5-10-11(6-9)18-8-20(16,17)14-10/h4-6,14H,7-8H2,1-3H3. The molecule has 0 saturated heterocycles. The number of benzene rings is 1. The average Bonchev–Trinajstić information content (AvgIpc) is 2.26. The minimum atomic E-state index is -3.42. The minimum absolute atomic E-state index is 0.112. The number of hydrogen-bond acceptors (Lipinski definition) is 5. The van der Waals surface area contributed by atoms with Crippen molar-refractivity contribution in [3.05, 3.63) is 23.8 Å². The van der Waals surface area contributed by atoms with Crippen molar-refractivity contribution in [3.8, 4) is 5.75 Å². The highest BCUT2D eigenvalue weighted by atomic mass is 32.2. The largest absolute Gasteiger partial charge is 0.474 e. The van der Waals surface area contributed by atoms with Gasteiger partial charge in [-0.3, -0.25) is 9.52 Å². The first kappa shape index (κ1) is 14.6. The van der Waals surface area contributed by atoms with Crippen LogP contribution in [-0.2, 0) is 26.0 Å². The van der Waals surface area contributed by atoms with E-state index in [1.807, 2.05) is 0 Å². The molecule has 1 heterocycles. The molecule has 1 aromatic rings. The Balaban J connectivity index is 2.11. The van der Waals surface area contributed by atoms with Crippen LogP contribution in [0.2, 0.25) is 0 Å². The van der Waals surface area contributed by atoms with Gasteiger partial charge < -0.3 is 9.47 Å². The zero-order valence-electron chi connectivity index (χ0n) is 11.6. The number of carbonyl (C=O) groups is 1. The number of carbonyl (C=O) groups excluding carboxylic acids is 1. The Labute approximate surface area is 118 Å². The molecule has 0 aromatic heterocycles. The first-order valence-electron chi connectivity index (χ1n) is 6.13. The van der Waals surface area contributed by atoms with Gasteiger partial charge in [-0.25, -0.2) is 8.42 Å². The van der Waals surface area contributed by atoms with Crippen LogP contribution in [0, 0.1) is 0 Å². The topological polar surface area (TPSA) is 81.7 Å². The van der Waals surface area contributed by atoms with E-state index in [1.165, 1.54) is 0 Å². The second-order valence-electron chi connectivity index (χ2n) is 5.57. The minimum Gasteiger partial charge on any atom is -0.474 e. The highest BCUT2D eigenvalue weighted by Gasteiger charge is 2.22. The summed E-state index contributed by atoms with van der Waals surface area (Å²) < 4.78 is 35.4. The Morgan fingerprint density at radius 3 is 2.75 bits per heavy atom. The molecule has 1 aromatic carbocycles. The van der Waals surface area contributed by atoms with Gasteiger partial charge in [0.25, 0.3) is 10.0 Å². The predicted molar refractivity (Wildman–Crippen MR) is 74.0 cm³/mol. The molecule has 6 nitrogen and oxygen atoms in total. The lowest BCUT2D eigenvalue weighted by Crippen LogP contribution is -2.26. The molecule has 0 spiro atoms. The summed E-state index contributed by atoms with van der Waals surface area (Å²) in [5, 5.41) is 0. The van der Waals surface area contributed by atoms with Crippen molar-refractivity contribution in [2.45, 2.75) is 32.8 Å². The average molecular weight is 299 g/mol. The Morgan fingerprint density at radius 2 is 2.10 bits per heavy atom. The van der Waals surface area contributed by atoms with Crippen molar-refractivity contribution >= 4 is 21.7 Å². The Hall–Kier alpha value is -1.76. The fourth-order valence-electron chi connectivity index (χ4n) is 1.76. The molecule has 0 radical (unpaired) electrons. The maximum absolute atomic E-state index is 11.7. The van der Waals surface area contributed by atoms with Gasteiger partial charge in [0, 0.05) is 0 Å². The zero-order chi connectivity index (χ0) is 15.0. The van der Waals surface area contributed by atoms with Crippen molar-refractivity contribution in [2.24, 2.45) is 0 Å². The van der Waals surface area contributed by atoms with Gasteiger partial charge in [0.15, 0.2) is 0 Å². The summed E-state index contributed by atoms with van der Waals surface area (Å²) >= 11 is 0. The summed E-state index contributed by atoms with van der Waals surface area (Å²) in [4.78, 5) is 11.7. The van der Waals surface area contributed by atoms with Gasteiger partial charge in [-0.05, 0) is 38.5 Å². The SMILES string of the molecule is CC(C)(C)OC(=O)Cc1ccc2c(c1)OCS(=O)(=O)N2. The molecule has 2 rings (SSSR count). The van der Waals surface area contributed by atoms with E-state index in [4.69, 9.17) is 9.47 Å². The van der Waals surface area contributed by atoms with E-state index >= 15 is 0 Å². The molecular weight excluding hydrogens is 282 g/mol. The molecule has 0 unspecified atom stereocenters. The molecule has 7 heteroatoms. The Morgan fingerprint density at radius 1 is 1.40 bits per heavy atom. The molecule has 0 amide bonds. The molecule has 0 aliphatic carbocycles. The molecule has 0 saturated carbocycles. The summed E-state index contributed by atoms with van der Waals surface area (Å²) in [6.45, 7) is 5.40. The van der Waals surface area contributed by atoms with Crippen LogP contribution >= 0.6 is 0 Å². The van der Waals surface area contributed by atoms with E-state index in [0.717, 1.165) is 0 Å². The van der Waals surface area contributed by atoms with E-state index < -0.39 is 21.6 Å². The second-order valence-corrected chi connectivity index (χ2v) is 7.24. The highest BCUT2D eigenvalue weighted by Crippen LogP contribution is 2.30. The van der Waals surface area contributed by atoms with Crippen LogP contribution in [0.3, 0.4) is 0 Å². The van der Waals surface area contributed by atoms with Crippen LogP contribution in [0.4, 0.5) is 5.69 Å². The van der Waals surface area contributed by atoms with Crippen molar-refractivity contribution in [1.82, 2.24) is 0 Å². The van der Waals surface area contributed by atoms with Crippen molar-refractivity contribution in [1.29, 1.82) is 0 Å². The van der Waals surface area contributed by atoms with Crippen molar-refractivity contribution in [2.75, 3.05) is 10.7 Å². The monoisotopic (exact) mass is 299 g/mol. The number of sulfonamides is 1. The van der Waals surface area contributed by atoms with Crippen LogP contribution in [0.5, 0.6) is 5.75 Å². The van der Waals surface area contributed by atoms with Crippen LogP contribution in [0.25, 0.3) is 0 Å². The van der Waals surface area contributed by atoms with Crippen LogP contribution < -0.4 is 9.46 Å². The van der Waals surface area contributed by atoms with Crippen molar-refractivity contribution < 1.29 is 22.7 Å². The lowest BCUT2D eigenvalue weighted by atomic mass is 10.1. The third-order valence-electron chi connectivity index (χ3n) is 2.45. The molecule has 20 heavy (non-hydrogen) atoms. The molecule has 0 bridgehead atoms. The number of nitrogens with one attached hydrogen (secondary N) is 1. The van der Waals surface area contributed by atoms with E-state index in [1.54, 1.807) is 39.0 Å². The Kier molecular flexibility index (Phi) is 3.64. The van der Waals surface area contributed by atoms with Crippen molar-refractivity contribution in [3.63, 3.8) is 0 Å². The summed E-state index contributed by atoms with van der Waals surface area (Å²) in [7, 11) is -3.42. The quantitative estimate of drug-likeness (QED) is 0.840. The van der Waals surface area contributed by atoms with E-state index in [2.05, 4.69) is 4.72 Å². The van der Waals surface area contributed by atoms with E-state index in [0.29, 0.717) is 17.0 Å². The number of rotatable bonds is 2. The van der Waals surface area contributed by atoms with Crippen LogP contribution in [-0.4, -0.2) is 25.9 Å². The molecule has 110 valence electrons. The van der Waals surface area contributed by atoms with Gasteiger partial charge in [-0.2, -0.15) is 0 Å². The number of esters is 1. The lowest BCUT2D eigenvalue weighted by Gasteiger charge is -2.21. The van der Waals surface area contributed by atoms with Gasteiger partial charge in [-0.15, -0.1) is 0 Å². The molecule has 0 atom stereocenters. The number of fused-ring (bicyclic) bond motifs is 1. The third-order valence-corrected chi connectivity index (χ3v) is 3.41. The van der Waals surface area contributed by atoms with Gasteiger partial charge >= 0.3 is 5.97 Å². The smallest absolute Gasteiger partial charge is 0.310 e. The zero-order valence-corrected chi connectivity index (χ0v) is 12.4. The molecule has 1 N–H and O–H groups in total. The van der Waals surface area contributed by atoms with Gasteiger partial charge in [0.1, 0.15) is 11.4 Å². The van der Waals surface area contributed by atoms with Gasteiger partial charge in [-0.1, -0.05) is 6.07 Å². The highest BCUT2D eigenvalue weighted by molar-refractivity contribution is 7.92. The second kappa shape index (κ2) is 4.97. The third kappa shape index (κ3) is 3.86. The fraction of sp³-hybridized carbons (Fsp3) is 0.462. The molecule has 1 aliphatic heterocycles. The van der Waals surface area contributed by atoms with Gasteiger partial charge in [0.2, 0.25) is 5.94 Å². The lowest BCUT2D eigenvalue weighted by molar-refractivity contribution is -0.153. The van der Waals surface area contributed by atoms with Crippen LogP contribution in [0.15, 0.2) is 18.2 Å². The molecule has 0 fully saturated rings. The number of anilines is 1. The Bertz CT molecular complexity index is 631. The summed E-state index contributed by atoms with van der Waals surface area (Å²) in [5.41, 5.74) is 0.556. The number of hydrogen-bond donors (Lipinski definition) is 1. The van der Waals surface area contributed by atoms with Gasteiger partial charge in [0.05, 0.1) is 12.1 Å². The summed E-state index contributed by atoms with van der Waals surface area (Å²) in [6, 6.07) is 4.88. The first-order valence-corrected chi connectivity index (χ1v) is 7.78. The predicted octanol–water partition coefficient (Wildman–Crippen LogP) is 1.66. The molecular formula is C13H17NO5S.